The van der Waals surface area contributed by atoms with Gasteiger partial charge in [-0.1, -0.05) is 65.4 Å². The van der Waals surface area contributed by atoms with Crippen molar-refractivity contribution in [2.24, 2.45) is 0 Å². The summed E-state index contributed by atoms with van der Waals surface area (Å²) in [5, 5.41) is 0. The number of rotatable bonds is 9. The van der Waals surface area contributed by atoms with E-state index in [-0.39, 0.29) is 37.7 Å². The fraction of sp³-hybridized carbons (Fsp3) is 0.333. The number of cyclic esters (lactones) is 1. The van der Waals surface area contributed by atoms with Gasteiger partial charge in [0.05, 0.1) is 13.2 Å². The minimum atomic E-state index is -1.04. The molecule has 0 unspecified atom stereocenters. The van der Waals surface area contributed by atoms with E-state index in [2.05, 4.69) is 37.0 Å². The van der Waals surface area contributed by atoms with Crippen LogP contribution in [0.4, 0.5) is 0 Å². The summed E-state index contributed by atoms with van der Waals surface area (Å²) in [6.45, 7) is 6.26. The second kappa shape index (κ2) is 13.1. The summed E-state index contributed by atoms with van der Waals surface area (Å²) in [7, 11) is 0. The molecule has 2 aliphatic heterocycles. The highest BCUT2D eigenvalue weighted by Gasteiger charge is 2.45. The summed E-state index contributed by atoms with van der Waals surface area (Å²) in [4.78, 5) is 25.3. The molecule has 1 saturated heterocycles. The van der Waals surface area contributed by atoms with Crippen LogP contribution in [0.3, 0.4) is 0 Å². The normalized spacial score (nSPS) is 18.9. The van der Waals surface area contributed by atoms with Crippen LogP contribution >= 0.6 is 0 Å². The highest BCUT2D eigenvalue weighted by Crippen LogP contribution is 2.34. The molecule has 6 heteroatoms. The molecule has 0 N–H and O–H groups in total. The molecule has 3 aromatic rings. The topological polar surface area (TPSA) is 71.1 Å². The predicted molar refractivity (Wildman–Crippen MR) is 160 cm³/mol. The Hall–Kier alpha value is -4.34. The molecule has 216 valence electrons. The molecule has 0 radical (unpaired) electrons. The zero-order valence-corrected chi connectivity index (χ0v) is 24.4. The Morgan fingerprint density at radius 3 is 2.45 bits per heavy atom. The van der Waals surface area contributed by atoms with E-state index in [4.69, 9.17) is 18.9 Å². The number of ether oxygens (including phenoxy) is 4. The first-order valence-electron chi connectivity index (χ1n) is 14.3. The summed E-state index contributed by atoms with van der Waals surface area (Å²) >= 11 is 0. The lowest BCUT2D eigenvalue weighted by molar-refractivity contribution is -0.169. The molecule has 1 fully saturated rings. The van der Waals surface area contributed by atoms with Crippen LogP contribution in [-0.4, -0.2) is 36.9 Å². The SMILES string of the molecule is CC(C)=C1C[C@@](COCc2ccccc2)(COC(=O)CC[C@H]2Cc3cc(C#Cc4ccc(C)cc4)ccc3O2)OC1=O. The summed E-state index contributed by atoms with van der Waals surface area (Å²) in [6.07, 6.45) is 1.66. The van der Waals surface area contributed by atoms with E-state index in [1.165, 1.54) is 5.56 Å². The summed E-state index contributed by atoms with van der Waals surface area (Å²) in [5.41, 5.74) is 5.67. The second-order valence-corrected chi connectivity index (χ2v) is 11.3. The molecule has 5 rings (SSSR count). The Balaban J connectivity index is 1.13. The Morgan fingerprint density at radius 1 is 0.976 bits per heavy atom. The van der Waals surface area contributed by atoms with Gasteiger partial charge in [-0.3, -0.25) is 4.79 Å². The summed E-state index contributed by atoms with van der Waals surface area (Å²) in [5.74, 6) is 6.53. The fourth-order valence-electron chi connectivity index (χ4n) is 5.10. The molecule has 2 aliphatic rings. The Bertz CT molecular complexity index is 1520. The van der Waals surface area contributed by atoms with Gasteiger partial charge in [0.1, 0.15) is 18.5 Å². The predicted octanol–water partition coefficient (Wildman–Crippen LogP) is 6.26. The highest BCUT2D eigenvalue weighted by molar-refractivity contribution is 5.92. The van der Waals surface area contributed by atoms with Gasteiger partial charge in [-0.2, -0.15) is 0 Å². The molecule has 0 bridgehead atoms. The number of allylic oxidation sites excluding steroid dienone is 1. The van der Waals surface area contributed by atoms with Gasteiger partial charge >= 0.3 is 11.9 Å². The number of carbonyl (C=O) groups excluding carboxylic acids is 2. The number of carbonyl (C=O) groups is 2. The maximum absolute atomic E-state index is 12.8. The van der Waals surface area contributed by atoms with Crippen LogP contribution in [0.1, 0.15) is 60.9 Å². The van der Waals surface area contributed by atoms with Gasteiger partial charge in [0.15, 0.2) is 5.60 Å². The molecular weight excluding hydrogens is 528 g/mol. The molecule has 3 aromatic carbocycles. The van der Waals surface area contributed by atoms with Crippen molar-refractivity contribution in [2.45, 2.75) is 64.8 Å². The maximum Gasteiger partial charge on any atom is 0.334 e. The minimum absolute atomic E-state index is 0.0576. The van der Waals surface area contributed by atoms with E-state index >= 15 is 0 Å². The number of hydrogen-bond donors (Lipinski definition) is 0. The van der Waals surface area contributed by atoms with Gasteiger partial charge in [-0.25, -0.2) is 4.79 Å². The van der Waals surface area contributed by atoms with Crippen LogP contribution in [0, 0.1) is 18.8 Å². The lowest BCUT2D eigenvalue weighted by Gasteiger charge is -2.26. The standard InChI is InChI=1S/C36H36O6/c1-25(2)32-21-36(42-35(32)38,23-39-22-29-7-5-4-6-8-29)24-40-34(37)18-16-31-20-30-19-28(15-17-33(30)41-31)14-13-27-11-9-26(3)10-12-27/h4-12,15,17,19,31H,16,18,20-24H2,1-3H3/t31-,36+/m0/s1. The van der Waals surface area contributed by atoms with Crippen LogP contribution < -0.4 is 4.74 Å². The third-order valence-corrected chi connectivity index (χ3v) is 7.51. The summed E-state index contributed by atoms with van der Waals surface area (Å²) in [6, 6.07) is 23.9. The quantitative estimate of drug-likeness (QED) is 0.174. The monoisotopic (exact) mass is 564 g/mol. The molecule has 2 heterocycles. The van der Waals surface area contributed by atoms with E-state index in [0.29, 0.717) is 31.4 Å². The average Bonchev–Trinajstić information content (AvgIpc) is 3.55. The Kier molecular flexibility index (Phi) is 9.09. The van der Waals surface area contributed by atoms with E-state index in [1.54, 1.807) is 0 Å². The smallest absolute Gasteiger partial charge is 0.334 e. The van der Waals surface area contributed by atoms with Gasteiger partial charge in [0.2, 0.25) is 0 Å². The third kappa shape index (κ3) is 7.48. The average molecular weight is 565 g/mol. The van der Waals surface area contributed by atoms with E-state index in [9.17, 15) is 9.59 Å². The molecule has 0 amide bonds. The molecular formula is C36H36O6. The first-order chi connectivity index (χ1) is 20.3. The van der Waals surface area contributed by atoms with Gasteiger partial charge in [0, 0.05) is 36.0 Å². The van der Waals surface area contributed by atoms with Gasteiger partial charge in [0.25, 0.3) is 0 Å². The molecule has 42 heavy (non-hydrogen) atoms. The highest BCUT2D eigenvalue weighted by atomic mass is 16.6. The molecule has 6 nitrogen and oxygen atoms in total. The van der Waals surface area contributed by atoms with Crippen molar-refractivity contribution in [2.75, 3.05) is 13.2 Å². The molecule has 0 spiro atoms. The van der Waals surface area contributed by atoms with Gasteiger partial charge < -0.3 is 18.9 Å². The lowest BCUT2D eigenvalue weighted by Crippen LogP contribution is -2.40. The van der Waals surface area contributed by atoms with Crippen molar-refractivity contribution >= 4 is 11.9 Å². The number of aryl methyl sites for hydroxylation is 1. The third-order valence-electron chi connectivity index (χ3n) is 7.51. The molecule has 0 saturated carbocycles. The zero-order chi connectivity index (χ0) is 29.5. The van der Waals surface area contributed by atoms with E-state index < -0.39 is 5.60 Å². The molecule has 0 aliphatic carbocycles. The molecule has 0 aromatic heterocycles. The van der Waals surface area contributed by atoms with Crippen LogP contribution in [0.2, 0.25) is 0 Å². The molecule has 2 atom stereocenters. The second-order valence-electron chi connectivity index (χ2n) is 11.3. The Morgan fingerprint density at radius 2 is 1.71 bits per heavy atom. The van der Waals surface area contributed by atoms with Crippen molar-refractivity contribution < 1.29 is 28.5 Å². The van der Waals surface area contributed by atoms with Crippen molar-refractivity contribution in [1.29, 1.82) is 0 Å². The first-order valence-corrected chi connectivity index (χ1v) is 14.3. The van der Waals surface area contributed by atoms with Crippen LogP contribution in [0.5, 0.6) is 5.75 Å². The van der Waals surface area contributed by atoms with Crippen LogP contribution in [0.15, 0.2) is 83.9 Å². The fourth-order valence-corrected chi connectivity index (χ4v) is 5.10. The minimum Gasteiger partial charge on any atom is -0.490 e. The van der Waals surface area contributed by atoms with E-state index in [0.717, 1.165) is 33.6 Å². The number of fused-ring (bicyclic) bond motifs is 1. The van der Waals surface area contributed by atoms with Gasteiger partial charge in [-0.05, 0) is 68.7 Å². The summed E-state index contributed by atoms with van der Waals surface area (Å²) < 4.78 is 23.4. The van der Waals surface area contributed by atoms with Crippen molar-refractivity contribution in [3.63, 3.8) is 0 Å². The Labute approximate surface area is 247 Å². The maximum atomic E-state index is 12.8. The number of benzene rings is 3. The van der Waals surface area contributed by atoms with Gasteiger partial charge in [-0.15, -0.1) is 0 Å². The lowest BCUT2D eigenvalue weighted by atomic mass is 9.97. The van der Waals surface area contributed by atoms with Crippen LogP contribution in [-0.2, 0) is 36.8 Å². The van der Waals surface area contributed by atoms with Crippen LogP contribution in [0.25, 0.3) is 0 Å². The van der Waals surface area contributed by atoms with Crippen molar-refractivity contribution in [3.8, 4) is 17.6 Å². The first kappa shape index (κ1) is 29.2. The number of hydrogen-bond acceptors (Lipinski definition) is 6. The number of esters is 2. The zero-order valence-electron chi connectivity index (χ0n) is 24.4. The largest absolute Gasteiger partial charge is 0.490 e. The van der Waals surface area contributed by atoms with Crippen molar-refractivity contribution in [3.05, 3.63) is 112 Å². The van der Waals surface area contributed by atoms with E-state index in [1.807, 2.05) is 68.4 Å². The van der Waals surface area contributed by atoms with Crippen molar-refractivity contribution in [1.82, 2.24) is 0 Å².